The standard InChI is InChI=1S/C16H18N4O4/c1-20(2)14(21)16(5-6-16)24-13-7-10(11-8-17-18-9-11)3-4-12(13)19-15(22)23/h3-4,7-9,19H,5-6H2,1-2H3,(H,17,18)(H,22,23). The van der Waals surface area contributed by atoms with E-state index in [1.807, 2.05) is 0 Å². The fourth-order valence-corrected chi connectivity index (χ4v) is 2.50. The molecule has 1 saturated carbocycles. The zero-order valence-electron chi connectivity index (χ0n) is 13.4. The average molecular weight is 330 g/mol. The highest BCUT2D eigenvalue weighted by atomic mass is 16.5. The van der Waals surface area contributed by atoms with Gasteiger partial charge in [0.15, 0.2) is 5.60 Å². The molecule has 3 rings (SSSR count). The second-order valence-electron chi connectivity index (χ2n) is 5.92. The average Bonchev–Trinajstić information content (AvgIpc) is 3.09. The van der Waals surface area contributed by atoms with Crippen molar-refractivity contribution in [1.82, 2.24) is 15.1 Å². The number of hydrogen-bond acceptors (Lipinski definition) is 4. The van der Waals surface area contributed by atoms with Crippen LogP contribution in [0.25, 0.3) is 11.1 Å². The molecule has 24 heavy (non-hydrogen) atoms. The van der Waals surface area contributed by atoms with Crippen molar-refractivity contribution >= 4 is 17.7 Å². The summed E-state index contributed by atoms with van der Waals surface area (Å²) in [5.41, 5.74) is 1.04. The fraction of sp³-hybridized carbons (Fsp3) is 0.312. The Morgan fingerprint density at radius 1 is 1.33 bits per heavy atom. The Hall–Kier alpha value is -3.03. The van der Waals surface area contributed by atoms with Crippen molar-refractivity contribution in [3.05, 3.63) is 30.6 Å². The van der Waals surface area contributed by atoms with Crippen LogP contribution < -0.4 is 10.1 Å². The summed E-state index contributed by atoms with van der Waals surface area (Å²) in [6.45, 7) is 0. The number of nitrogens with one attached hydrogen (secondary N) is 2. The van der Waals surface area contributed by atoms with E-state index in [1.165, 1.54) is 4.90 Å². The minimum absolute atomic E-state index is 0.127. The maximum atomic E-state index is 12.3. The number of aromatic amines is 1. The van der Waals surface area contributed by atoms with Crippen molar-refractivity contribution in [2.75, 3.05) is 19.4 Å². The molecule has 1 aliphatic rings. The summed E-state index contributed by atoms with van der Waals surface area (Å²) in [5, 5.41) is 17.9. The predicted molar refractivity (Wildman–Crippen MR) is 87.0 cm³/mol. The van der Waals surface area contributed by atoms with E-state index in [-0.39, 0.29) is 5.91 Å². The Kier molecular flexibility index (Phi) is 3.88. The maximum Gasteiger partial charge on any atom is 0.409 e. The van der Waals surface area contributed by atoms with Gasteiger partial charge < -0.3 is 14.7 Å². The molecule has 0 saturated heterocycles. The number of rotatable bonds is 5. The minimum atomic E-state index is -1.19. The molecule has 3 N–H and O–H groups in total. The molecule has 0 aliphatic heterocycles. The Morgan fingerprint density at radius 3 is 2.62 bits per heavy atom. The van der Waals surface area contributed by atoms with Crippen LogP contribution in [0.15, 0.2) is 30.6 Å². The molecular formula is C16H18N4O4. The van der Waals surface area contributed by atoms with Crippen molar-refractivity contribution < 1.29 is 19.4 Å². The van der Waals surface area contributed by atoms with Gasteiger partial charge in [-0.15, -0.1) is 0 Å². The lowest BCUT2D eigenvalue weighted by molar-refractivity contribution is -0.138. The molecule has 8 nitrogen and oxygen atoms in total. The molecule has 1 aromatic heterocycles. The first-order chi connectivity index (χ1) is 11.4. The molecule has 1 aromatic carbocycles. The summed E-state index contributed by atoms with van der Waals surface area (Å²) in [4.78, 5) is 24.8. The highest BCUT2D eigenvalue weighted by molar-refractivity contribution is 5.90. The Labute approximate surface area is 138 Å². The number of hydrogen-bond donors (Lipinski definition) is 3. The van der Waals surface area contributed by atoms with Gasteiger partial charge in [-0.25, -0.2) is 4.79 Å². The van der Waals surface area contributed by atoms with Crippen molar-refractivity contribution in [2.24, 2.45) is 0 Å². The molecule has 2 aromatic rings. The third kappa shape index (κ3) is 3.03. The minimum Gasteiger partial charge on any atom is -0.475 e. The molecule has 1 fully saturated rings. The van der Waals surface area contributed by atoms with Crippen LogP contribution in [0.4, 0.5) is 10.5 Å². The lowest BCUT2D eigenvalue weighted by Gasteiger charge is -2.23. The number of ether oxygens (including phenoxy) is 1. The molecular weight excluding hydrogens is 312 g/mol. The summed E-state index contributed by atoms with van der Waals surface area (Å²) in [6, 6.07) is 5.08. The van der Waals surface area contributed by atoms with Gasteiger partial charge in [-0.3, -0.25) is 15.2 Å². The lowest BCUT2D eigenvalue weighted by atomic mass is 10.1. The van der Waals surface area contributed by atoms with Crippen LogP contribution >= 0.6 is 0 Å². The van der Waals surface area contributed by atoms with Crippen LogP contribution in [-0.4, -0.2) is 51.9 Å². The quantitative estimate of drug-likeness (QED) is 0.779. The molecule has 0 unspecified atom stereocenters. The Balaban J connectivity index is 1.95. The van der Waals surface area contributed by atoms with Gasteiger partial charge in [-0.2, -0.15) is 5.10 Å². The molecule has 1 heterocycles. The van der Waals surface area contributed by atoms with E-state index in [0.29, 0.717) is 24.3 Å². The van der Waals surface area contributed by atoms with E-state index >= 15 is 0 Å². The summed E-state index contributed by atoms with van der Waals surface area (Å²) in [5.74, 6) is 0.196. The van der Waals surface area contributed by atoms with Crippen LogP contribution in [0.1, 0.15) is 12.8 Å². The molecule has 0 spiro atoms. The molecule has 2 amide bonds. The van der Waals surface area contributed by atoms with Gasteiger partial charge >= 0.3 is 6.09 Å². The van der Waals surface area contributed by atoms with E-state index in [1.54, 1.807) is 44.7 Å². The Morgan fingerprint density at radius 2 is 2.08 bits per heavy atom. The number of nitrogens with zero attached hydrogens (tertiary/aromatic N) is 2. The molecule has 0 radical (unpaired) electrons. The van der Waals surface area contributed by atoms with Crippen molar-refractivity contribution in [3.8, 4) is 16.9 Å². The highest BCUT2D eigenvalue weighted by Gasteiger charge is 2.54. The smallest absolute Gasteiger partial charge is 0.409 e. The van der Waals surface area contributed by atoms with Gasteiger partial charge in [0.2, 0.25) is 0 Å². The zero-order valence-corrected chi connectivity index (χ0v) is 13.4. The molecule has 126 valence electrons. The third-order valence-corrected chi connectivity index (χ3v) is 3.86. The second-order valence-corrected chi connectivity index (χ2v) is 5.92. The van der Waals surface area contributed by atoms with Gasteiger partial charge in [0.05, 0.1) is 11.9 Å². The van der Waals surface area contributed by atoms with Crippen LogP contribution in [0.3, 0.4) is 0 Å². The van der Waals surface area contributed by atoms with E-state index in [0.717, 1.165) is 11.1 Å². The van der Waals surface area contributed by atoms with Crippen LogP contribution in [0, 0.1) is 0 Å². The van der Waals surface area contributed by atoms with Gasteiger partial charge in [0.1, 0.15) is 5.75 Å². The van der Waals surface area contributed by atoms with Crippen LogP contribution in [-0.2, 0) is 4.79 Å². The molecule has 1 aliphatic carbocycles. The molecule has 0 bridgehead atoms. The fourth-order valence-electron chi connectivity index (χ4n) is 2.50. The zero-order chi connectivity index (χ0) is 17.3. The van der Waals surface area contributed by atoms with E-state index < -0.39 is 11.7 Å². The van der Waals surface area contributed by atoms with Crippen molar-refractivity contribution in [2.45, 2.75) is 18.4 Å². The number of carbonyl (C=O) groups excluding carboxylic acids is 1. The number of carbonyl (C=O) groups is 2. The van der Waals surface area contributed by atoms with Crippen LogP contribution in [0.2, 0.25) is 0 Å². The molecule has 8 heteroatoms. The lowest BCUT2D eigenvalue weighted by Crippen LogP contribution is -2.39. The number of amides is 2. The summed E-state index contributed by atoms with van der Waals surface area (Å²) < 4.78 is 5.96. The van der Waals surface area contributed by atoms with Gasteiger partial charge in [0.25, 0.3) is 5.91 Å². The first kappa shape index (κ1) is 15.9. The molecule has 0 atom stereocenters. The largest absolute Gasteiger partial charge is 0.475 e. The van der Waals surface area contributed by atoms with E-state index in [9.17, 15) is 9.59 Å². The second kappa shape index (κ2) is 5.88. The first-order valence-corrected chi connectivity index (χ1v) is 7.45. The third-order valence-electron chi connectivity index (χ3n) is 3.86. The normalized spacial score (nSPS) is 14.8. The van der Waals surface area contributed by atoms with E-state index in [2.05, 4.69) is 15.5 Å². The van der Waals surface area contributed by atoms with Gasteiger partial charge in [0, 0.05) is 38.7 Å². The van der Waals surface area contributed by atoms with Crippen LogP contribution in [0.5, 0.6) is 5.75 Å². The highest BCUT2D eigenvalue weighted by Crippen LogP contribution is 2.44. The van der Waals surface area contributed by atoms with Crippen molar-refractivity contribution in [3.63, 3.8) is 0 Å². The number of likely N-dealkylation sites (N-methyl/N-ethyl adjacent to an activating group) is 1. The number of aromatic nitrogens is 2. The number of carboxylic acid groups (broad SMARTS) is 1. The topological polar surface area (TPSA) is 108 Å². The maximum absolute atomic E-state index is 12.3. The summed E-state index contributed by atoms with van der Waals surface area (Å²) >= 11 is 0. The van der Waals surface area contributed by atoms with E-state index in [4.69, 9.17) is 9.84 Å². The number of anilines is 1. The van der Waals surface area contributed by atoms with Gasteiger partial charge in [-0.1, -0.05) is 6.07 Å². The van der Waals surface area contributed by atoms with Crippen molar-refractivity contribution in [1.29, 1.82) is 0 Å². The number of benzene rings is 1. The first-order valence-electron chi connectivity index (χ1n) is 7.45. The summed E-state index contributed by atoms with van der Waals surface area (Å²) in [6.07, 6.45) is 3.39. The SMILES string of the molecule is CN(C)C(=O)C1(Oc2cc(-c3cn[nH]c3)ccc2NC(=O)O)CC1. The monoisotopic (exact) mass is 330 g/mol. The van der Waals surface area contributed by atoms with Gasteiger partial charge in [-0.05, 0) is 17.7 Å². The summed E-state index contributed by atoms with van der Waals surface area (Å²) in [7, 11) is 3.34. The predicted octanol–water partition coefficient (Wildman–Crippen LogP) is 2.17. The number of H-pyrrole nitrogens is 1. The Bertz CT molecular complexity index is 766.